The van der Waals surface area contributed by atoms with Gasteiger partial charge in [0.15, 0.2) is 0 Å². The van der Waals surface area contributed by atoms with Gasteiger partial charge in [-0.05, 0) is 26.3 Å². The number of carbonyl (C=O) groups is 2. The maximum Gasteiger partial charge on any atom is 0.313 e. The molecule has 0 radical (unpaired) electrons. The predicted molar refractivity (Wildman–Crippen MR) is 87.0 cm³/mol. The van der Waals surface area contributed by atoms with Crippen LogP contribution in [0.5, 0.6) is 5.75 Å². The number of nitro groups is 1. The summed E-state index contributed by atoms with van der Waals surface area (Å²) in [6.07, 6.45) is 0.691. The molecule has 24 heavy (non-hydrogen) atoms. The van der Waals surface area contributed by atoms with E-state index in [4.69, 9.17) is 9.47 Å². The number of anilines is 1. The Hall–Kier alpha value is -2.68. The maximum atomic E-state index is 11.8. The molecule has 9 heteroatoms. The van der Waals surface area contributed by atoms with Crippen LogP contribution in [-0.4, -0.2) is 43.1 Å². The smallest absolute Gasteiger partial charge is 0.313 e. The topological polar surface area (TPSA) is 120 Å². The largest absolute Gasteiger partial charge is 0.494 e. The molecule has 132 valence electrons. The number of carbonyl (C=O) groups excluding carboxylic acids is 2. The standard InChI is InChI=1S/C15H21N3O6/c1-10(2)24-8-4-7-16-14(19)15(20)17-12-6-5-11(18(21)22)9-13(12)23-3/h5-6,9-10H,4,7-8H2,1-3H3,(H,16,19)(H,17,20). The SMILES string of the molecule is COc1cc([N+](=O)[O-])ccc1NC(=O)C(=O)NCCCOC(C)C. The first-order valence-electron chi connectivity index (χ1n) is 7.38. The van der Waals surface area contributed by atoms with E-state index in [2.05, 4.69) is 10.6 Å². The van der Waals surface area contributed by atoms with Crippen LogP contribution in [0.1, 0.15) is 20.3 Å². The van der Waals surface area contributed by atoms with E-state index in [0.29, 0.717) is 19.6 Å². The summed E-state index contributed by atoms with van der Waals surface area (Å²) in [5, 5.41) is 15.5. The van der Waals surface area contributed by atoms with Gasteiger partial charge in [0.2, 0.25) is 0 Å². The highest BCUT2D eigenvalue weighted by Gasteiger charge is 2.17. The van der Waals surface area contributed by atoms with Gasteiger partial charge >= 0.3 is 11.8 Å². The number of rotatable bonds is 8. The quantitative estimate of drug-likeness (QED) is 0.320. The average molecular weight is 339 g/mol. The molecular formula is C15H21N3O6. The minimum absolute atomic E-state index is 0.0932. The molecule has 1 aromatic rings. The molecule has 0 atom stereocenters. The fourth-order valence-electron chi connectivity index (χ4n) is 1.75. The Labute approximate surface area is 139 Å². The van der Waals surface area contributed by atoms with Gasteiger partial charge in [-0.2, -0.15) is 0 Å². The molecular weight excluding hydrogens is 318 g/mol. The summed E-state index contributed by atoms with van der Waals surface area (Å²) in [4.78, 5) is 33.7. The zero-order chi connectivity index (χ0) is 18.1. The number of non-ortho nitro benzene ring substituents is 1. The second-order valence-electron chi connectivity index (χ2n) is 5.12. The molecule has 1 aromatic carbocycles. The summed E-state index contributed by atoms with van der Waals surface area (Å²) in [6.45, 7) is 4.60. The van der Waals surface area contributed by atoms with Crippen LogP contribution in [0.15, 0.2) is 18.2 Å². The van der Waals surface area contributed by atoms with Crippen LogP contribution in [0.3, 0.4) is 0 Å². The van der Waals surface area contributed by atoms with Gasteiger partial charge in [-0.3, -0.25) is 19.7 Å². The number of benzene rings is 1. The highest BCUT2D eigenvalue weighted by molar-refractivity contribution is 6.39. The van der Waals surface area contributed by atoms with Crippen molar-refractivity contribution in [2.45, 2.75) is 26.4 Å². The summed E-state index contributed by atoms with van der Waals surface area (Å²) in [7, 11) is 1.31. The Morgan fingerprint density at radius 3 is 2.58 bits per heavy atom. The van der Waals surface area contributed by atoms with Crippen LogP contribution in [0, 0.1) is 10.1 Å². The molecule has 0 heterocycles. The van der Waals surface area contributed by atoms with Crippen molar-refractivity contribution in [2.75, 3.05) is 25.6 Å². The van der Waals surface area contributed by atoms with Gasteiger partial charge < -0.3 is 20.1 Å². The molecule has 0 saturated carbocycles. The van der Waals surface area contributed by atoms with Crippen molar-refractivity contribution >= 4 is 23.2 Å². The lowest BCUT2D eigenvalue weighted by molar-refractivity contribution is -0.384. The first-order valence-corrected chi connectivity index (χ1v) is 7.38. The summed E-state index contributed by atoms with van der Waals surface area (Å²) >= 11 is 0. The molecule has 0 bridgehead atoms. The van der Waals surface area contributed by atoms with E-state index in [-0.39, 0.29) is 23.2 Å². The zero-order valence-electron chi connectivity index (χ0n) is 13.8. The number of ether oxygens (including phenoxy) is 2. The van der Waals surface area contributed by atoms with E-state index in [1.807, 2.05) is 13.8 Å². The number of hydrogen-bond donors (Lipinski definition) is 2. The number of hydrogen-bond acceptors (Lipinski definition) is 6. The third kappa shape index (κ3) is 6.21. The van der Waals surface area contributed by atoms with Gasteiger partial charge in [-0.25, -0.2) is 0 Å². The molecule has 0 aliphatic rings. The number of nitrogens with one attached hydrogen (secondary N) is 2. The van der Waals surface area contributed by atoms with E-state index in [9.17, 15) is 19.7 Å². The molecule has 2 N–H and O–H groups in total. The second kappa shape index (κ2) is 9.46. The van der Waals surface area contributed by atoms with Crippen molar-refractivity contribution < 1.29 is 24.0 Å². The van der Waals surface area contributed by atoms with Gasteiger partial charge in [0.25, 0.3) is 5.69 Å². The lowest BCUT2D eigenvalue weighted by atomic mass is 10.2. The summed E-state index contributed by atoms with van der Waals surface area (Å²) in [5.41, 5.74) is -0.00848. The van der Waals surface area contributed by atoms with Crippen molar-refractivity contribution in [2.24, 2.45) is 0 Å². The highest BCUT2D eigenvalue weighted by atomic mass is 16.6. The lowest BCUT2D eigenvalue weighted by Crippen LogP contribution is -2.36. The van der Waals surface area contributed by atoms with Crippen LogP contribution in [0.25, 0.3) is 0 Å². The monoisotopic (exact) mass is 339 g/mol. The van der Waals surface area contributed by atoms with Crippen LogP contribution < -0.4 is 15.4 Å². The van der Waals surface area contributed by atoms with Gasteiger partial charge in [-0.1, -0.05) is 0 Å². The molecule has 0 aliphatic carbocycles. The molecule has 0 aromatic heterocycles. The van der Waals surface area contributed by atoms with Crippen molar-refractivity contribution in [3.05, 3.63) is 28.3 Å². The van der Waals surface area contributed by atoms with E-state index in [1.165, 1.54) is 19.2 Å². The van der Waals surface area contributed by atoms with E-state index in [0.717, 1.165) is 6.07 Å². The molecule has 1 rings (SSSR count). The molecule has 0 aliphatic heterocycles. The van der Waals surface area contributed by atoms with Gasteiger partial charge in [0.05, 0.1) is 29.9 Å². The number of amides is 2. The Morgan fingerprint density at radius 2 is 2.00 bits per heavy atom. The Kier molecular flexibility index (Phi) is 7.63. The summed E-state index contributed by atoms with van der Waals surface area (Å²) in [6, 6.07) is 3.68. The second-order valence-corrected chi connectivity index (χ2v) is 5.12. The fourth-order valence-corrected chi connectivity index (χ4v) is 1.75. The van der Waals surface area contributed by atoms with Crippen molar-refractivity contribution in [1.82, 2.24) is 5.32 Å². The molecule has 9 nitrogen and oxygen atoms in total. The molecule has 0 saturated heterocycles. The lowest BCUT2D eigenvalue weighted by Gasteiger charge is -2.10. The fraction of sp³-hybridized carbons (Fsp3) is 0.467. The Bertz CT molecular complexity index is 603. The normalized spacial score (nSPS) is 10.3. The highest BCUT2D eigenvalue weighted by Crippen LogP contribution is 2.28. The summed E-state index contributed by atoms with van der Waals surface area (Å²) < 4.78 is 10.3. The molecule has 0 fully saturated rings. The predicted octanol–water partition coefficient (Wildman–Crippen LogP) is 1.47. The molecule has 2 amide bonds. The van der Waals surface area contributed by atoms with E-state index >= 15 is 0 Å². The van der Waals surface area contributed by atoms with Crippen molar-refractivity contribution in [3.63, 3.8) is 0 Å². The van der Waals surface area contributed by atoms with Crippen LogP contribution in [-0.2, 0) is 14.3 Å². The van der Waals surface area contributed by atoms with E-state index < -0.39 is 16.7 Å². The first kappa shape index (κ1) is 19.4. The van der Waals surface area contributed by atoms with Crippen molar-refractivity contribution in [1.29, 1.82) is 0 Å². The van der Waals surface area contributed by atoms with E-state index in [1.54, 1.807) is 0 Å². The summed E-state index contributed by atoms with van der Waals surface area (Å²) in [5.74, 6) is -1.59. The van der Waals surface area contributed by atoms with Crippen molar-refractivity contribution in [3.8, 4) is 5.75 Å². The third-order valence-corrected chi connectivity index (χ3v) is 2.91. The number of nitro benzene ring substituents is 1. The van der Waals surface area contributed by atoms with Gasteiger partial charge in [0.1, 0.15) is 5.75 Å². The Morgan fingerprint density at radius 1 is 1.29 bits per heavy atom. The third-order valence-electron chi connectivity index (χ3n) is 2.91. The minimum atomic E-state index is -0.882. The van der Waals surface area contributed by atoms with Gasteiger partial charge in [0, 0.05) is 19.2 Å². The maximum absolute atomic E-state index is 11.8. The molecule has 0 spiro atoms. The van der Waals surface area contributed by atoms with Gasteiger partial charge in [-0.15, -0.1) is 0 Å². The first-order chi connectivity index (χ1) is 11.3. The molecule has 0 unspecified atom stereocenters. The van der Waals surface area contributed by atoms with Crippen LogP contribution in [0.2, 0.25) is 0 Å². The minimum Gasteiger partial charge on any atom is -0.494 e. The average Bonchev–Trinajstić information content (AvgIpc) is 2.54. The number of methoxy groups -OCH3 is 1. The Balaban J connectivity index is 2.54. The zero-order valence-corrected chi connectivity index (χ0v) is 13.8. The number of nitrogens with zero attached hydrogens (tertiary/aromatic N) is 1. The van der Waals surface area contributed by atoms with Crippen LogP contribution >= 0.6 is 0 Å². The van der Waals surface area contributed by atoms with Crippen LogP contribution in [0.4, 0.5) is 11.4 Å².